The van der Waals surface area contributed by atoms with E-state index in [1.807, 2.05) is 31.7 Å². The number of methoxy groups -OCH3 is 2. The van der Waals surface area contributed by atoms with Crippen LogP contribution in [0.5, 0.6) is 11.9 Å². The van der Waals surface area contributed by atoms with Crippen LogP contribution >= 0.6 is 0 Å². The average molecular weight is 468 g/mol. The molecule has 1 atom stereocenters. The molecule has 34 heavy (non-hydrogen) atoms. The first kappa shape index (κ1) is 22.2. The maximum absolute atomic E-state index is 12.8. The van der Waals surface area contributed by atoms with Gasteiger partial charge in [0.25, 0.3) is 0 Å². The number of fused-ring (bicyclic) bond motifs is 1. The molecular formula is C23H29N7O4. The van der Waals surface area contributed by atoms with Crippen molar-refractivity contribution in [2.45, 2.75) is 44.8 Å². The lowest BCUT2D eigenvalue weighted by Gasteiger charge is -2.50. The summed E-state index contributed by atoms with van der Waals surface area (Å²) < 4.78 is 18.0. The molecule has 180 valence electrons. The molecule has 2 aliphatic heterocycles. The highest BCUT2D eigenvalue weighted by Crippen LogP contribution is 2.42. The first-order valence-electron chi connectivity index (χ1n) is 11.3. The Balaban J connectivity index is 1.48. The quantitative estimate of drug-likeness (QED) is 0.572. The maximum atomic E-state index is 12.8. The molecule has 0 radical (unpaired) electrons. The van der Waals surface area contributed by atoms with Crippen molar-refractivity contribution < 1.29 is 19.0 Å². The van der Waals surface area contributed by atoms with Crippen molar-refractivity contribution in [3.05, 3.63) is 24.7 Å². The van der Waals surface area contributed by atoms with Crippen LogP contribution in [0.15, 0.2) is 24.7 Å². The predicted octanol–water partition coefficient (Wildman–Crippen LogP) is 2.79. The fourth-order valence-corrected chi connectivity index (χ4v) is 4.67. The average Bonchev–Trinajstić information content (AvgIpc) is 3.44. The Kier molecular flexibility index (Phi) is 5.22. The van der Waals surface area contributed by atoms with E-state index in [-0.39, 0.29) is 17.6 Å². The normalized spacial score (nSPS) is 20.0. The molecule has 3 aromatic heterocycles. The monoisotopic (exact) mass is 467 g/mol. The summed E-state index contributed by atoms with van der Waals surface area (Å²) in [6.45, 7) is 7.88. The van der Waals surface area contributed by atoms with Crippen LogP contribution < -0.4 is 14.4 Å². The number of hydrogen-bond acceptors (Lipinski definition) is 9. The summed E-state index contributed by atoms with van der Waals surface area (Å²) in [5.74, 6) is 0.373. The Morgan fingerprint density at radius 1 is 1.12 bits per heavy atom. The van der Waals surface area contributed by atoms with Crippen molar-refractivity contribution in [1.82, 2.24) is 29.5 Å². The molecule has 5 rings (SSSR count). The molecule has 11 heteroatoms. The number of carbonyl (C=O) groups is 1. The number of likely N-dealkylation sites (tertiary alicyclic amines) is 1. The molecule has 0 aromatic carbocycles. The third-order valence-corrected chi connectivity index (χ3v) is 6.38. The van der Waals surface area contributed by atoms with Crippen LogP contribution in [0.25, 0.3) is 16.9 Å². The van der Waals surface area contributed by atoms with Gasteiger partial charge in [-0.1, -0.05) is 0 Å². The zero-order valence-corrected chi connectivity index (χ0v) is 20.1. The molecule has 1 unspecified atom stereocenters. The molecule has 0 N–H and O–H groups in total. The Hall–Kier alpha value is -3.63. The first-order chi connectivity index (χ1) is 16.2. The molecular weight excluding hydrogens is 438 g/mol. The highest BCUT2D eigenvalue weighted by Gasteiger charge is 2.53. The fraction of sp³-hybridized carbons (Fsp3) is 0.522. The van der Waals surface area contributed by atoms with Gasteiger partial charge in [0.1, 0.15) is 11.3 Å². The van der Waals surface area contributed by atoms with Gasteiger partial charge in [-0.2, -0.15) is 10.1 Å². The van der Waals surface area contributed by atoms with Crippen molar-refractivity contribution in [3.8, 4) is 23.1 Å². The number of aromatic nitrogens is 5. The third kappa shape index (κ3) is 3.74. The van der Waals surface area contributed by atoms with Crippen LogP contribution in [0.3, 0.4) is 0 Å². The van der Waals surface area contributed by atoms with E-state index in [2.05, 4.69) is 19.9 Å². The number of amides is 1. The number of ether oxygens (including phenoxy) is 3. The summed E-state index contributed by atoms with van der Waals surface area (Å²) in [4.78, 5) is 30.0. The standard InChI is InChI=1S/C23H29N7O4/c1-22(2,3)34-21(31)29-10-7-23(29)6-9-28(14-23)17-12-16(27-30-11-8-24-18(17)30)15-13-25-20(33-5)26-19(15)32-4/h8,11-13H,6-7,9-10,14H2,1-5H3. The summed E-state index contributed by atoms with van der Waals surface area (Å²) in [5, 5.41) is 4.70. The molecule has 0 saturated carbocycles. The second-order valence-corrected chi connectivity index (χ2v) is 9.67. The van der Waals surface area contributed by atoms with Crippen LogP contribution in [-0.4, -0.2) is 80.6 Å². The van der Waals surface area contributed by atoms with Crippen molar-refractivity contribution >= 4 is 17.4 Å². The molecule has 2 fully saturated rings. The third-order valence-electron chi connectivity index (χ3n) is 6.38. The SMILES string of the molecule is COc1ncc(-c2cc(N3CCC4(CCN4C(=O)OC(C)(C)C)C3)c3nccn3n2)c(OC)n1. The predicted molar refractivity (Wildman–Crippen MR) is 124 cm³/mol. The molecule has 0 bridgehead atoms. The van der Waals surface area contributed by atoms with Gasteiger partial charge in [-0.25, -0.2) is 19.3 Å². The molecule has 0 aliphatic carbocycles. The second kappa shape index (κ2) is 8.00. The van der Waals surface area contributed by atoms with Gasteiger partial charge in [0.15, 0.2) is 5.65 Å². The summed E-state index contributed by atoms with van der Waals surface area (Å²) >= 11 is 0. The Morgan fingerprint density at radius 3 is 2.59 bits per heavy atom. The number of carbonyl (C=O) groups excluding carboxylic acids is 1. The fourth-order valence-electron chi connectivity index (χ4n) is 4.67. The lowest BCUT2D eigenvalue weighted by atomic mass is 9.84. The highest BCUT2D eigenvalue weighted by atomic mass is 16.6. The van der Waals surface area contributed by atoms with Gasteiger partial charge in [0.2, 0.25) is 5.88 Å². The van der Waals surface area contributed by atoms with E-state index in [9.17, 15) is 4.79 Å². The minimum absolute atomic E-state index is 0.221. The summed E-state index contributed by atoms with van der Waals surface area (Å²) in [7, 11) is 3.06. The molecule has 5 heterocycles. The van der Waals surface area contributed by atoms with E-state index in [0.717, 1.165) is 30.7 Å². The van der Waals surface area contributed by atoms with Crippen LogP contribution in [-0.2, 0) is 4.74 Å². The Labute approximate surface area is 197 Å². The first-order valence-corrected chi connectivity index (χ1v) is 11.3. The smallest absolute Gasteiger partial charge is 0.410 e. The van der Waals surface area contributed by atoms with E-state index in [0.29, 0.717) is 30.2 Å². The molecule has 2 aliphatic rings. The van der Waals surface area contributed by atoms with E-state index in [4.69, 9.17) is 19.3 Å². The van der Waals surface area contributed by atoms with E-state index >= 15 is 0 Å². The van der Waals surface area contributed by atoms with Crippen molar-refractivity contribution in [2.24, 2.45) is 0 Å². The largest absolute Gasteiger partial charge is 0.480 e. The molecule has 3 aromatic rings. The molecule has 2 saturated heterocycles. The Morgan fingerprint density at radius 2 is 1.91 bits per heavy atom. The minimum atomic E-state index is -0.520. The van der Waals surface area contributed by atoms with Gasteiger partial charge in [0.05, 0.1) is 31.0 Å². The van der Waals surface area contributed by atoms with Crippen LogP contribution in [0.4, 0.5) is 10.5 Å². The van der Waals surface area contributed by atoms with Crippen LogP contribution in [0.1, 0.15) is 33.6 Å². The maximum Gasteiger partial charge on any atom is 0.410 e. The van der Waals surface area contributed by atoms with Crippen molar-refractivity contribution in [2.75, 3.05) is 38.8 Å². The van der Waals surface area contributed by atoms with Crippen LogP contribution in [0, 0.1) is 0 Å². The van der Waals surface area contributed by atoms with Gasteiger partial charge in [-0.15, -0.1) is 0 Å². The van der Waals surface area contributed by atoms with Crippen LogP contribution in [0.2, 0.25) is 0 Å². The molecule has 11 nitrogen and oxygen atoms in total. The topological polar surface area (TPSA) is 107 Å². The van der Waals surface area contributed by atoms with Crippen molar-refractivity contribution in [1.29, 1.82) is 0 Å². The zero-order valence-electron chi connectivity index (χ0n) is 20.1. The van der Waals surface area contributed by atoms with E-state index in [1.54, 1.807) is 30.2 Å². The number of nitrogens with zero attached hydrogens (tertiary/aromatic N) is 7. The van der Waals surface area contributed by atoms with Gasteiger partial charge in [-0.3, -0.25) is 0 Å². The van der Waals surface area contributed by atoms with Gasteiger partial charge in [-0.05, 0) is 39.7 Å². The number of anilines is 1. The van der Waals surface area contributed by atoms with Gasteiger partial charge in [0, 0.05) is 38.2 Å². The lowest BCUT2D eigenvalue weighted by Crippen LogP contribution is -2.64. The second-order valence-electron chi connectivity index (χ2n) is 9.67. The highest BCUT2D eigenvalue weighted by molar-refractivity contribution is 5.77. The lowest BCUT2D eigenvalue weighted by molar-refractivity contribution is -0.0362. The van der Waals surface area contributed by atoms with Gasteiger partial charge < -0.3 is 24.0 Å². The summed E-state index contributed by atoms with van der Waals surface area (Å²) in [5.41, 5.74) is 2.23. The van der Waals surface area contributed by atoms with Crippen molar-refractivity contribution in [3.63, 3.8) is 0 Å². The van der Waals surface area contributed by atoms with Gasteiger partial charge >= 0.3 is 12.1 Å². The molecule has 1 spiro atoms. The summed E-state index contributed by atoms with van der Waals surface area (Å²) in [6, 6.07) is 2.20. The Bertz CT molecular complexity index is 1240. The molecule has 1 amide bonds. The van der Waals surface area contributed by atoms with E-state index in [1.165, 1.54) is 7.11 Å². The number of hydrogen-bond donors (Lipinski definition) is 0. The zero-order chi connectivity index (χ0) is 24.1. The minimum Gasteiger partial charge on any atom is -0.480 e. The summed E-state index contributed by atoms with van der Waals surface area (Å²) in [6.07, 6.45) is 6.74. The van der Waals surface area contributed by atoms with E-state index < -0.39 is 5.60 Å². The number of imidazole rings is 1. The number of rotatable bonds is 4.